The minimum Gasteiger partial charge on any atom is -0.295 e. The summed E-state index contributed by atoms with van der Waals surface area (Å²) in [6.07, 6.45) is 11.6. The molecule has 176 valence electrons. The van der Waals surface area contributed by atoms with Crippen LogP contribution < -0.4 is 0 Å². The van der Waals surface area contributed by atoms with E-state index in [4.69, 9.17) is 0 Å². The average molecular weight is 464 g/mol. The molecule has 0 spiro atoms. The number of ketones is 1. The lowest BCUT2D eigenvalue weighted by Gasteiger charge is -2.28. The van der Waals surface area contributed by atoms with E-state index in [1.54, 1.807) is 0 Å². The topological polar surface area (TPSA) is 56.0 Å². The van der Waals surface area contributed by atoms with Crippen molar-refractivity contribution in [2.24, 2.45) is 0 Å². The number of likely N-dealkylation sites (N-methyl/N-ethyl adjacent to an activating group) is 1. The Hall–Kier alpha value is -4.03. The highest BCUT2D eigenvalue weighted by Gasteiger charge is 2.25. The second-order valence-electron chi connectivity index (χ2n) is 8.89. The van der Waals surface area contributed by atoms with Crippen LogP contribution >= 0.6 is 0 Å². The third kappa shape index (κ3) is 5.73. The first kappa shape index (κ1) is 22.7. The maximum Gasteiger partial charge on any atom is 0.187 e. The molecule has 3 heterocycles. The molecule has 1 aliphatic heterocycles. The van der Waals surface area contributed by atoms with Gasteiger partial charge in [-0.15, -0.1) is 0 Å². The number of hydrogen-bond acceptors (Lipinski definition) is 4. The zero-order chi connectivity index (χ0) is 24.0. The van der Waals surface area contributed by atoms with Gasteiger partial charge in [0.15, 0.2) is 5.78 Å². The van der Waals surface area contributed by atoms with E-state index in [0.717, 1.165) is 28.8 Å². The number of benzene rings is 2. The monoisotopic (exact) mass is 463 g/mol. The molecule has 2 aromatic heterocycles. The van der Waals surface area contributed by atoms with Crippen molar-refractivity contribution in [1.29, 1.82) is 0 Å². The minimum absolute atomic E-state index is 0.0984. The molecule has 4 aromatic rings. The second kappa shape index (κ2) is 10.5. The van der Waals surface area contributed by atoms with Crippen molar-refractivity contribution in [3.63, 3.8) is 0 Å². The van der Waals surface area contributed by atoms with Crippen LogP contribution in [-0.4, -0.2) is 49.9 Å². The maximum absolute atomic E-state index is 13.4. The zero-order valence-corrected chi connectivity index (χ0v) is 19.9. The number of hydrogen-bond donors (Lipinski definition) is 0. The molecular weight excluding hydrogens is 434 g/mol. The van der Waals surface area contributed by atoms with E-state index in [1.807, 2.05) is 82.7 Å². The zero-order valence-electron chi connectivity index (χ0n) is 19.9. The smallest absolute Gasteiger partial charge is 0.187 e. The van der Waals surface area contributed by atoms with Gasteiger partial charge in [-0.25, -0.2) is 0 Å². The first-order chi connectivity index (χ1) is 17.2. The second-order valence-corrected chi connectivity index (χ2v) is 8.89. The molecule has 0 radical (unpaired) electrons. The van der Waals surface area contributed by atoms with Gasteiger partial charge in [0.25, 0.3) is 0 Å². The molecule has 0 bridgehead atoms. The van der Waals surface area contributed by atoms with Gasteiger partial charge in [0.1, 0.15) is 0 Å². The molecule has 0 N–H and O–H groups in total. The SMILES string of the molecule is CCN1C/C(=C/c2cnn(Cc3ccccc3)c2)C(=O)/C(=C/c2cnn(Cc3ccccc3)c2)C1. The molecule has 35 heavy (non-hydrogen) atoms. The van der Waals surface area contributed by atoms with Gasteiger partial charge in [0.2, 0.25) is 0 Å². The summed E-state index contributed by atoms with van der Waals surface area (Å²) in [5.74, 6) is 0.0984. The van der Waals surface area contributed by atoms with Crippen molar-refractivity contribution in [2.75, 3.05) is 19.6 Å². The van der Waals surface area contributed by atoms with E-state index in [1.165, 1.54) is 11.1 Å². The lowest BCUT2D eigenvalue weighted by Crippen LogP contribution is -2.37. The third-order valence-corrected chi connectivity index (χ3v) is 6.18. The van der Waals surface area contributed by atoms with Gasteiger partial charge in [0, 0.05) is 47.8 Å². The lowest BCUT2D eigenvalue weighted by atomic mass is 9.95. The van der Waals surface area contributed by atoms with Crippen LogP contribution in [0.25, 0.3) is 12.2 Å². The number of piperidine rings is 1. The molecule has 0 amide bonds. The summed E-state index contributed by atoms with van der Waals surface area (Å²) in [6, 6.07) is 20.5. The molecule has 0 atom stereocenters. The van der Waals surface area contributed by atoms with Crippen molar-refractivity contribution < 1.29 is 4.79 Å². The van der Waals surface area contributed by atoms with Crippen LogP contribution in [0.2, 0.25) is 0 Å². The molecule has 6 heteroatoms. The summed E-state index contributed by atoms with van der Waals surface area (Å²) in [7, 11) is 0. The van der Waals surface area contributed by atoms with Gasteiger partial charge in [-0.3, -0.25) is 19.1 Å². The first-order valence-electron chi connectivity index (χ1n) is 12.0. The van der Waals surface area contributed by atoms with Crippen LogP contribution in [0.3, 0.4) is 0 Å². The lowest BCUT2D eigenvalue weighted by molar-refractivity contribution is -0.113. The quantitative estimate of drug-likeness (QED) is 0.378. The van der Waals surface area contributed by atoms with Crippen molar-refractivity contribution in [3.8, 4) is 0 Å². The Labute approximate surface area is 205 Å². The van der Waals surface area contributed by atoms with Gasteiger partial charge in [-0.1, -0.05) is 67.6 Å². The van der Waals surface area contributed by atoms with Gasteiger partial charge in [0.05, 0.1) is 25.5 Å². The number of aromatic nitrogens is 4. The molecule has 0 saturated carbocycles. The fourth-order valence-electron chi connectivity index (χ4n) is 4.36. The van der Waals surface area contributed by atoms with Gasteiger partial charge >= 0.3 is 0 Å². The predicted octanol–water partition coefficient (Wildman–Crippen LogP) is 4.55. The Balaban J connectivity index is 1.34. The van der Waals surface area contributed by atoms with Crippen LogP contribution in [0.5, 0.6) is 0 Å². The van der Waals surface area contributed by atoms with Crippen LogP contribution in [0, 0.1) is 0 Å². The molecule has 1 saturated heterocycles. The normalized spacial score (nSPS) is 16.9. The van der Waals surface area contributed by atoms with E-state index in [-0.39, 0.29) is 5.78 Å². The fraction of sp³-hybridized carbons (Fsp3) is 0.207. The van der Waals surface area contributed by atoms with E-state index >= 15 is 0 Å². The Bertz CT molecular complexity index is 1250. The highest BCUT2D eigenvalue weighted by molar-refractivity contribution is 6.14. The number of nitrogens with zero attached hydrogens (tertiary/aromatic N) is 5. The van der Waals surface area contributed by atoms with Crippen LogP contribution in [-0.2, 0) is 17.9 Å². The molecule has 2 aromatic carbocycles. The number of likely N-dealkylation sites (tertiary alicyclic amines) is 1. The molecule has 1 aliphatic rings. The van der Waals surface area contributed by atoms with Crippen molar-refractivity contribution in [3.05, 3.63) is 119 Å². The number of carbonyl (C=O) groups excluding carboxylic acids is 1. The summed E-state index contributed by atoms with van der Waals surface area (Å²) in [6.45, 7) is 5.70. The Kier molecular flexibility index (Phi) is 6.82. The number of carbonyl (C=O) groups is 1. The van der Waals surface area contributed by atoms with Crippen LogP contribution in [0.15, 0.2) is 96.6 Å². The Morgan fingerprint density at radius 2 is 1.20 bits per heavy atom. The van der Waals surface area contributed by atoms with Crippen molar-refractivity contribution >= 4 is 17.9 Å². The van der Waals surface area contributed by atoms with Crippen LogP contribution in [0.4, 0.5) is 0 Å². The van der Waals surface area contributed by atoms with Crippen molar-refractivity contribution in [2.45, 2.75) is 20.0 Å². The highest BCUT2D eigenvalue weighted by atomic mass is 16.1. The largest absolute Gasteiger partial charge is 0.295 e. The molecular formula is C29H29N5O. The molecule has 0 aliphatic carbocycles. The molecule has 0 unspecified atom stereocenters. The summed E-state index contributed by atoms with van der Waals surface area (Å²) < 4.78 is 3.81. The number of Topliss-reactive ketones (excluding diaryl/α,β-unsaturated/α-hetero) is 1. The predicted molar refractivity (Wildman–Crippen MR) is 139 cm³/mol. The highest BCUT2D eigenvalue weighted by Crippen LogP contribution is 2.22. The van der Waals surface area contributed by atoms with Gasteiger partial charge < -0.3 is 0 Å². The summed E-state index contributed by atoms with van der Waals surface area (Å²) in [5.41, 5.74) is 5.85. The van der Waals surface area contributed by atoms with E-state index < -0.39 is 0 Å². The van der Waals surface area contributed by atoms with Crippen LogP contribution in [0.1, 0.15) is 29.2 Å². The Morgan fingerprint density at radius 3 is 1.63 bits per heavy atom. The minimum atomic E-state index is 0.0984. The molecule has 1 fully saturated rings. The standard InChI is InChI=1S/C29H29N5O/c1-2-32-21-27(13-25-15-30-33(19-25)17-23-9-5-3-6-10-23)29(35)28(22-32)14-26-16-31-34(20-26)18-24-11-7-4-8-12-24/h3-16,19-20H,2,17-18,21-22H2,1H3/b27-13-,28-14+. The van der Waals surface area contributed by atoms with E-state index in [0.29, 0.717) is 26.2 Å². The van der Waals surface area contributed by atoms with Crippen molar-refractivity contribution in [1.82, 2.24) is 24.5 Å². The number of rotatable bonds is 7. The first-order valence-corrected chi connectivity index (χ1v) is 12.0. The summed E-state index contributed by atoms with van der Waals surface area (Å²) >= 11 is 0. The summed E-state index contributed by atoms with van der Waals surface area (Å²) in [5, 5.41) is 8.97. The summed E-state index contributed by atoms with van der Waals surface area (Å²) in [4.78, 5) is 15.7. The maximum atomic E-state index is 13.4. The third-order valence-electron chi connectivity index (χ3n) is 6.18. The fourth-order valence-corrected chi connectivity index (χ4v) is 4.36. The van der Waals surface area contributed by atoms with Gasteiger partial charge in [-0.05, 0) is 29.8 Å². The average Bonchev–Trinajstić information content (AvgIpc) is 3.51. The molecule has 6 nitrogen and oxygen atoms in total. The van der Waals surface area contributed by atoms with E-state index in [2.05, 4.69) is 46.3 Å². The molecule has 5 rings (SSSR count). The van der Waals surface area contributed by atoms with E-state index in [9.17, 15) is 4.79 Å². The van der Waals surface area contributed by atoms with Gasteiger partial charge in [-0.2, -0.15) is 10.2 Å². The Morgan fingerprint density at radius 1 is 0.743 bits per heavy atom.